The van der Waals surface area contributed by atoms with Gasteiger partial charge in [-0.2, -0.15) is 5.26 Å². The average molecular weight is 347 g/mol. The van der Waals surface area contributed by atoms with E-state index in [1.54, 1.807) is 12.1 Å². The molecule has 0 fully saturated rings. The molecule has 0 amide bonds. The van der Waals surface area contributed by atoms with Crippen LogP contribution in [-0.2, 0) is 21.4 Å². The summed E-state index contributed by atoms with van der Waals surface area (Å²) in [4.78, 5) is 22.9. The molecule has 1 rings (SSSR count). The van der Waals surface area contributed by atoms with Gasteiger partial charge < -0.3 is 14.6 Å². The first-order chi connectivity index (χ1) is 11.4. The second-order valence-corrected chi connectivity index (χ2v) is 7.28. The first kappa shape index (κ1) is 20.7. The Labute approximate surface area is 148 Å². The number of carbonyl (C=O) groups excluding carboxylic acids is 2. The van der Waals surface area contributed by atoms with Gasteiger partial charge in [-0.15, -0.1) is 0 Å². The molecule has 6 heteroatoms. The minimum absolute atomic E-state index is 0.145. The lowest BCUT2D eigenvalue weighted by molar-refractivity contribution is -0.133. The van der Waals surface area contributed by atoms with E-state index in [0.717, 1.165) is 5.56 Å². The summed E-state index contributed by atoms with van der Waals surface area (Å²) < 4.78 is 10.6. The molecule has 1 aromatic rings. The summed E-state index contributed by atoms with van der Waals surface area (Å²) in [5.74, 6) is -0.223. The summed E-state index contributed by atoms with van der Waals surface area (Å²) in [7, 11) is 0. The fourth-order valence-corrected chi connectivity index (χ4v) is 2.31. The normalized spacial score (nSPS) is 13.5. The molecule has 0 saturated carbocycles. The lowest BCUT2D eigenvalue weighted by Gasteiger charge is -2.24. The van der Waals surface area contributed by atoms with Gasteiger partial charge in [0.15, 0.2) is 0 Å². The van der Waals surface area contributed by atoms with Gasteiger partial charge in [0.1, 0.15) is 17.1 Å². The molecule has 0 aliphatic heterocycles. The van der Waals surface area contributed by atoms with Crippen molar-refractivity contribution in [2.75, 3.05) is 0 Å². The second kappa shape index (κ2) is 7.66. The molecule has 1 aromatic carbocycles. The molecule has 0 heterocycles. The number of esters is 2. The highest BCUT2D eigenvalue weighted by atomic mass is 16.5. The van der Waals surface area contributed by atoms with E-state index in [1.807, 2.05) is 26.8 Å². The van der Waals surface area contributed by atoms with Crippen molar-refractivity contribution in [1.29, 1.82) is 5.26 Å². The third kappa shape index (κ3) is 6.20. The Morgan fingerprint density at radius 3 is 2.04 bits per heavy atom. The van der Waals surface area contributed by atoms with E-state index < -0.39 is 17.5 Å². The summed E-state index contributed by atoms with van der Waals surface area (Å²) in [5.41, 5.74) is -0.557. The maximum absolute atomic E-state index is 11.4. The Hall–Kier alpha value is -2.39. The maximum Gasteiger partial charge on any atom is 0.308 e. The van der Waals surface area contributed by atoms with Crippen LogP contribution in [0.4, 0.5) is 0 Å². The van der Waals surface area contributed by atoms with Crippen LogP contribution in [0.2, 0.25) is 0 Å². The van der Waals surface area contributed by atoms with Gasteiger partial charge in [-0.1, -0.05) is 20.8 Å². The van der Waals surface area contributed by atoms with Crippen LogP contribution in [-0.4, -0.2) is 22.6 Å². The number of rotatable bonds is 5. The molecule has 0 spiro atoms. The van der Waals surface area contributed by atoms with Gasteiger partial charge in [0, 0.05) is 19.4 Å². The minimum atomic E-state index is -1.50. The molecular weight excluding hydrogens is 322 g/mol. The number of hydrogen-bond donors (Lipinski definition) is 1. The van der Waals surface area contributed by atoms with Crippen LogP contribution >= 0.6 is 0 Å². The Kier molecular flexibility index (Phi) is 6.33. The maximum atomic E-state index is 11.4. The number of hydrogen-bond acceptors (Lipinski definition) is 6. The van der Waals surface area contributed by atoms with Crippen LogP contribution in [0, 0.1) is 11.3 Å². The van der Waals surface area contributed by atoms with Gasteiger partial charge >= 0.3 is 11.9 Å². The molecular formula is C19H25NO5. The lowest BCUT2D eigenvalue weighted by atomic mass is 9.84. The quantitative estimate of drug-likeness (QED) is 0.499. The van der Waals surface area contributed by atoms with Crippen molar-refractivity contribution in [3.8, 4) is 17.6 Å². The van der Waals surface area contributed by atoms with Gasteiger partial charge in [-0.3, -0.25) is 9.59 Å². The zero-order chi connectivity index (χ0) is 19.4. The first-order valence-electron chi connectivity index (χ1n) is 8.03. The highest BCUT2D eigenvalue weighted by Gasteiger charge is 2.25. The van der Waals surface area contributed by atoms with Crippen molar-refractivity contribution < 1.29 is 24.2 Å². The van der Waals surface area contributed by atoms with Crippen molar-refractivity contribution in [2.45, 2.75) is 65.4 Å². The molecule has 0 radical (unpaired) electrons. The molecule has 1 atom stereocenters. The molecule has 6 nitrogen and oxygen atoms in total. The minimum Gasteiger partial charge on any atom is -0.426 e. The summed E-state index contributed by atoms with van der Waals surface area (Å²) in [5, 5.41) is 18.9. The molecule has 1 unspecified atom stereocenters. The van der Waals surface area contributed by atoms with Crippen LogP contribution in [0.15, 0.2) is 12.1 Å². The fraction of sp³-hybridized carbons (Fsp3) is 0.526. The van der Waals surface area contributed by atoms with E-state index in [0.29, 0.717) is 17.1 Å². The Bertz CT molecular complexity index is 708. The number of aliphatic hydroxyl groups is 1. The molecule has 0 aliphatic carbocycles. The van der Waals surface area contributed by atoms with Crippen molar-refractivity contribution >= 4 is 11.9 Å². The topological polar surface area (TPSA) is 96.6 Å². The number of nitriles is 1. The van der Waals surface area contributed by atoms with Gasteiger partial charge in [-0.25, -0.2) is 0 Å². The monoisotopic (exact) mass is 347 g/mol. The Morgan fingerprint density at radius 1 is 1.08 bits per heavy atom. The van der Waals surface area contributed by atoms with Crippen LogP contribution in [0.5, 0.6) is 11.5 Å². The van der Waals surface area contributed by atoms with Gasteiger partial charge in [0.2, 0.25) is 0 Å². The van der Waals surface area contributed by atoms with E-state index >= 15 is 0 Å². The number of carbonyl (C=O) groups is 2. The molecule has 0 aliphatic rings. The Morgan fingerprint density at radius 2 is 1.60 bits per heavy atom. The first-order valence-corrected chi connectivity index (χ1v) is 8.03. The average Bonchev–Trinajstić information content (AvgIpc) is 2.44. The molecule has 0 aromatic heterocycles. The van der Waals surface area contributed by atoms with Crippen LogP contribution in [0.3, 0.4) is 0 Å². The summed E-state index contributed by atoms with van der Waals surface area (Å²) >= 11 is 0. The van der Waals surface area contributed by atoms with Crippen molar-refractivity contribution in [2.24, 2.45) is 0 Å². The van der Waals surface area contributed by atoms with Gasteiger partial charge in [-0.05, 0) is 42.9 Å². The Balaban J connectivity index is 3.43. The van der Waals surface area contributed by atoms with E-state index in [1.165, 1.54) is 20.8 Å². The molecule has 25 heavy (non-hydrogen) atoms. The summed E-state index contributed by atoms with van der Waals surface area (Å²) in [6.45, 7) is 9.88. The van der Waals surface area contributed by atoms with Crippen molar-refractivity contribution in [3.63, 3.8) is 0 Å². The zero-order valence-corrected chi connectivity index (χ0v) is 15.6. The number of nitrogens with zero attached hydrogens (tertiary/aromatic N) is 1. The second-order valence-electron chi connectivity index (χ2n) is 7.28. The zero-order valence-electron chi connectivity index (χ0n) is 15.6. The van der Waals surface area contributed by atoms with Gasteiger partial charge in [0.25, 0.3) is 0 Å². The van der Waals surface area contributed by atoms with Gasteiger partial charge in [0.05, 0.1) is 6.07 Å². The number of ether oxygens (including phenoxy) is 2. The molecule has 1 N–H and O–H groups in total. The third-order valence-corrected chi connectivity index (χ3v) is 3.60. The number of aryl methyl sites for hydroxylation is 1. The predicted octanol–water partition coefficient (Wildman–Crippen LogP) is 3.04. The molecule has 0 bridgehead atoms. The smallest absolute Gasteiger partial charge is 0.308 e. The van der Waals surface area contributed by atoms with E-state index in [2.05, 4.69) is 0 Å². The fourth-order valence-electron chi connectivity index (χ4n) is 2.31. The highest BCUT2D eigenvalue weighted by Crippen LogP contribution is 2.38. The molecule has 0 saturated heterocycles. The SMILES string of the molecule is CC(=O)Oc1cc(C(C)(C)C)c(OC(C)=O)cc1CCC(C)(O)C#N. The third-order valence-electron chi connectivity index (χ3n) is 3.60. The predicted molar refractivity (Wildman–Crippen MR) is 92.3 cm³/mol. The van der Waals surface area contributed by atoms with E-state index in [9.17, 15) is 14.7 Å². The molecule has 136 valence electrons. The lowest BCUT2D eigenvalue weighted by Crippen LogP contribution is -2.22. The van der Waals surface area contributed by atoms with Crippen LogP contribution in [0.1, 0.15) is 59.1 Å². The van der Waals surface area contributed by atoms with E-state index in [-0.39, 0.29) is 18.3 Å². The number of benzene rings is 1. The van der Waals surface area contributed by atoms with Crippen LogP contribution in [0.25, 0.3) is 0 Å². The summed E-state index contributed by atoms with van der Waals surface area (Å²) in [6.07, 6.45) is 0.425. The van der Waals surface area contributed by atoms with E-state index in [4.69, 9.17) is 14.7 Å². The largest absolute Gasteiger partial charge is 0.426 e. The standard InChI is InChI=1S/C19H25NO5/c1-12(21)24-16-10-15(18(3,4)5)17(25-13(2)22)9-14(16)7-8-19(6,23)11-20/h9-10,23H,7-8H2,1-6H3. The summed E-state index contributed by atoms with van der Waals surface area (Å²) in [6, 6.07) is 5.13. The van der Waals surface area contributed by atoms with Crippen LogP contribution < -0.4 is 9.47 Å². The highest BCUT2D eigenvalue weighted by molar-refractivity contribution is 5.72. The van der Waals surface area contributed by atoms with Crippen molar-refractivity contribution in [1.82, 2.24) is 0 Å². The van der Waals surface area contributed by atoms with Crippen molar-refractivity contribution in [3.05, 3.63) is 23.3 Å².